The van der Waals surface area contributed by atoms with E-state index in [1.165, 1.54) is 0 Å². The van der Waals surface area contributed by atoms with Crippen molar-refractivity contribution < 1.29 is 18.8 Å². The van der Waals surface area contributed by atoms with Crippen LogP contribution >= 0.6 is 0 Å². The summed E-state index contributed by atoms with van der Waals surface area (Å²) in [7, 11) is -1.02. The molecule has 17 heavy (non-hydrogen) atoms. The van der Waals surface area contributed by atoms with E-state index in [1.807, 2.05) is 31.2 Å². The molecule has 0 spiro atoms. The Labute approximate surface area is 104 Å². The van der Waals surface area contributed by atoms with Crippen LogP contribution in [0, 0.1) is 0 Å². The lowest BCUT2D eigenvalue weighted by atomic mass is 10.3. The van der Waals surface area contributed by atoms with Gasteiger partial charge in [-0.25, -0.2) is 0 Å². The molecule has 0 fully saturated rings. The lowest BCUT2D eigenvalue weighted by Gasteiger charge is -2.11. The van der Waals surface area contributed by atoms with Crippen LogP contribution in [0.1, 0.15) is 6.92 Å². The van der Waals surface area contributed by atoms with Crippen LogP contribution in [-0.2, 0) is 10.8 Å². The summed E-state index contributed by atoms with van der Waals surface area (Å²) >= 11 is 0. The van der Waals surface area contributed by atoms with Crippen LogP contribution in [0.2, 0.25) is 0 Å². The van der Waals surface area contributed by atoms with Gasteiger partial charge in [-0.1, -0.05) is 12.1 Å². The van der Waals surface area contributed by atoms with E-state index in [2.05, 4.69) is 0 Å². The molecule has 1 rings (SSSR count). The van der Waals surface area contributed by atoms with Crippen LogP contribution in [0.3, 0.4) is 0 Å². The standard InChI is InChI=1S/C12H18O4S/c1-2-15-11-5-3-4-6-12(11)16-8-10-17(14)9-7-13/h3-6,13H,2,7-10H2,1H3. The monoisotopic (exact) mass is 258 g/mol. The number of aliphatic hydroxyl groups is 1. The summed E-state index contributed by atoms with van der Waals surface area (Å²) < 4.78 is 22.2. The molecule has 0 aliphatic rings. The summed E-state index contributed by atoms with van der Waals surface area (Å²) in [5.41, 5.74) is 0. The number of benzene rings is 1. The van der Waals surface area contributed by atoms with Crippen LogP contribution in [0.15, 0.2) is 24.3 Å². The Bertz CT molecular complexity index is 354. The Morgan fingerprint density at radius 1 is 1.18 bits per heavy atom. The minimum absolute atomic E-state index is 0.0534. The van der Waals surface area contributed by atoms with Gasteiger partial charge in [0.05, 0.1) is 25.6 Å². The van der Waals surface area contributed by atoms with E-state index < -0.39 is 10.8 Å². The highest BCUT2D eigenvalue weighted by Crippen LogP contribution is 2.26. The minimum Gasteiger partial charge on any atom is -0.490 e. The van der Waals surface area contributed by atoms with Gasteiger partial charge in [-0.15, -0.1) is 0 Å². The molecule has 0 bridgehead atoms. The molecule has 5 heteroatoms. The molecule has 0 aliphatic carbocycles. The Hall–Kier alpha value is -1.07. The van der Waals surface area contributed by atoms with Crippen molar-refractivity contribution in [1.82, 2.24) is 0 Å². The molecule has 0 saturated heterocycles. The van der Waals surface area contributed by atoms with Gasteiger partial charge in [0.25, 0.3) is 0 Å². The molecule has 0 amide bonds. The predicted octanol–water partition coefficient (Wildman–Crippen LogP) is 1.21. The highest BCUT2D eigenvalue weighted by molar-refractivity contribution is 7.85. The second kappa shape index (κ2) is 8.08. The van der Waals surface area contributed by atoms with Crippen molar-refractivity contribution in [3.05, 3.63) is 24.3 Å². The van der Waals surface area contributed by atoms with E-state index in [1.54, 1.807) is 0 Å². The van der Waals surface area contributed by atoms with Crippen LogP contribution in [0.5, 0.6) is 11.5 Å². The van der Waals surface area contributed by atoms with E-state index in [9.17, 15) is 4.21 Å². The SMILES string of the molecule is CCOc1ccccc1OCCS(=O)CCO. The molecular formula is C12H18O4S. The van der Waals surface area contributed by atoms with Gasteiger partial charge in [0.1, 0.15) is 0 Å². The van der Waals surface area contributed by atoms with E-state index in [4.69, 9.17) is 14.6 Å². The molecule has 0 radical (unpaired) electrons. The number of ether oxygens (including phenoxy) is 2. The number of hydrogen-bond donors (Lipinski definition) is 1. The zero-order valence-corrected chi connectivity index (χ0v) is 10.7. The number of aliphatic hydroxyl groups excluding tert-OH is 1. The van der Waals surface area contributed by atoms with Crippen LogP contribution < -0.4 is 9.47 Å². The molecule has 1 N–H and O–H groups in total. The molecule has 0 heterocycles. The van der Waals surface area contributed by atoms with Crippen LogP contribution in [0.25, 0.3) is 0 Å². The first-order chi connectivity index (χ1) is 8.27. The van der Waals surface area contributed by atoms with Crippen molar-refractivity contribution in [3.63, 3.8) is 0 Å². The highest BCUT2D eigenvalue weighted by atomic mass is 32.2. The third-order valence-electron chi connectivity index (χ3n) is 2.04. The van der Waals surface area contributed by atoms with Crippen molar-refractivity contribution in [3.8, 4) is 11.5 Å². The average molecular weight is 258 g/mol. The van der Waals surface area contributed by atoms with E-state index in [0.717, 1.165) is 0 Å². The largest absolute Gasteiger partial charge is 0.490 e. The van der Waals surface area contributed by atoms with Crippen molar-refractivity contribution in [2.24, 2.45) is 0 Å². The van der Waals surface area contributed by atoms with Gasteiger partial charge < -0.3 is 14.6 Å². The van der Waals surface area contributed by atoms with Crippen LogP contribution in [-0.4, -0.2) is 40.6 Å². The fourth-order valence-corrected chi connectivity index (χ4v) is 1.97. The van der Waals surface area contributed by atoms with Crippen molar-refractivity contribution in [2.75, 3.05) is 31.3 Å². The molecule has 96 valence electrons. The molecular weight excluding hydrogens is 240 g/mol. The summed E-state index contributed by atoms with van der Waals surface area (Å²) in [4.78, 5) is 0. The van der Waals surface area contributed by atoms with Crippen molar-refractivity contribution in [1.29, 1.82) is 0 Å². The second-order valence-corrected chi connectivity index (χ2v) is 5.00. The average Bonchev–Trinajstić information content (AvgIpc) is 2.32. The Morgan fingerprint density at radius 3 is 2.41 bits per heavy atom. The topological polar surface area (TPSA) is 55.8 Å². The summed E-state index contributed by atoms with van der Waals surface area (Å²) in [6.07, 6.45) is 0. The number of para-hydroxylation sites is 2. The zero-order chi connectivity index (χ0) is 12.5. The molecule has 4 nitrogen and oxygen atoms in total. The highest BCUT2D eigenvalue weighted by Gasteiger charge is 2.04. The first kappa shape index (κ1) is 14.0. The molecule has 0 aromatic heterocycles. The third kappa shape index (κ3) is 5.19. The minimum atomic E-state index is -1.02. The number of hydrogen-bond acceptors (Lipinski definition) is 4. The maximum Gasteiger partial charge on any atom is 0.161 e. The van der Waals surface area contributed by atoms with E-state index in [0.29, 0.717) is 36.2 Å². The van der Waals surface area contributed by atoms with Crippen LogP contribution in [0.4, 0.5) is 0 Å². The molecule has 0 aliphatic heterocycles. The van der Waals surface area contributed by atoms with Gasteiger partial charge in [-0.2, -0.15) is 0 Å². The van der Waals surface area contributed by atoms with Gasteiger partial charge in [0, 0.05) is 16.6 Å². The summed E-state index contributed by atoms with van der Waals surface area (Å²) in [5, 5.41) is 8.61. The fourth-order valence-electron chi connectivity index (χ4n) is 1.29. The maximum absolute atomic E-state index is 11.3. The summed E-state index contributed by atoms with van der Waals surface area (Å²) in [6, 6.07) is 7.40. The smallest absolute Gasteiger partial charge is 0.161 e. The molecule has 1 atom stereocenters. The molecule has 1 unspecified atom stereocenters. The van der Waals surface area contributed by atoms with Gasteiger partial charge >= 0.3 is 0 Å². The van der Waals surface area contributed by atoms with Gasteiger partial charge in [-0.3, -0.25) is 4.21 Å². The molecule has 1 aromatic carbocycles. The third-order valence-corrected chi connectivity index (χ3v) is 3.30. The van der Waals surface area contributed by atoms with E-state index >= 15 is 0 Å². The molecule has 0 saturated carbocycles. The quantitative estimate of drug-likeness (QED) is 0.761. The molecule has 1 aromatic rings. The maximum atomic E-state index is 11.3. The second-order valence-electron chi connectivity index (χ2n) is 3.30. The Morgan fingerprint density at radius 2 is 1.82 bits per heavy atom. The van der Waals surface area contributed by atoms with Gasteiger partial charge in [-0.05, 0) is 19.1 Å². The van der Waals surface area contributed by atoms with E-state index in [-0.39, 0.29) is 6.61 Å². The zero-order valence-electron chi connectivity index (χ0n) is 9.93. The lowest BCUT2D eigenvalue weighted by molar-refractivity contribution is 0.288. The first-order valence-electron chi connectivity index (χ1n) is 5.58. The van der Waals surface area contributed by atoms with Crippen molar-refractivity contribution in [2.45, 2.75) is 6.92 Å². The fraction of sp³-hybridized carbons (Fsp3) is 0.500. The van der Waals surface area contributed by atoms with Crippen molar-refractivity contribution >= 4 is 10.8 Å². The lowest BCUT2D eigenvalue weighted by Crippen LogP contribution is -2.13. The summed E-state index contributed by atoms with van der Waals surface area (Å²) in [5.74, 6) is 2.08. The predicted molar refractivity (Wildman–Crippen MR) is 68.1 cm³/mol. The van der Waals surface area contributed by atoms with Gasteiger partial charge in [0.15, 0.2) is 11.5 Å². The summed E-state index contributed by atoms with van der Waals surface area (Å²) in [6.45, 7) is 2.79. The normalized spacial score (nSPS) is 12.1. The Kier molecular flexibility index (Phi) is 6.65. The first-order valence-corrected chi connectivity index (χ1v) is 7.07. The Balaban J connectivity index is 2.43. The van der Waals surface area contributed by atoms with Gasteiger partial charge in [0.2, 0.25) is 0 Å². The number of rotatable bonds is 8.